The number of nitrogens with one attached hydrogen (secondary N) is 1. The van der Waals surface area contributed by atoms with Gasteiger partial charge < -0.3 is 10.1 Å². The van der Waals surface area contributed by atoms with Crippen LogP contribution in [0.4, 0.5) is 5.00 Å². The summed E-state index contributed by atoms with van der Waals surface area (Å²) in [6.45, 7) is 6.08. The molecule has 0 radical (unpaired) electrons. The maximum Gasteiger partial charge on any atom is 0.341 e. The van der Waals surface area contributed by atoms with Crippen molar-refractivity contribution < 1.29 is 14.3 Å². The minimum absolute atomic E-state index is 0.0839. The number of hydrogen-bond acceptors (Lipinski definition) is 6. The SMILES string of the molecule is CCOC(=O)c1cc(CC)sc1NC(=O)CCn1cnc2c(C)cccc2c1=O. The quantitative estimate of drug-likeness (QED) is 0.599. The monoisotopic (exact) mass is 413 g/mol. The fraction of sp³-hybridized carbons (Fsp3) is 0.333. The van der Waals surface area contributed by atoms with Crippen molar-refractivity contribution in [2.24, 2.45) is 0 Å². The van der Waals surface area contributed by atoms with E-state index in [0.29, 0.717) is 21.5 Å². The second-order valence-electron chi connectivity index (χ2n) is 6.54. The van der Waals surface area contributed by atoms with E-state index < -0.39 is 5.97 Å². The van der Waals surface area contributed by atoms with Gasteiger partial charge in [0.1, 0.15) is 5.00 Å². The van der Waals surface area contributed by atoms with Gasteiger partial charge in [-0.3, -0.25) is 14.2 Å². The number of rotatable bonds is 7. The van der Waals surface area contributed by atoms with Gasteiger partial charge in [-0.1, -0.05) is 19.1 Å². The Balaban J connectivity index is 1.73. The molecular weight excluding hydrogens is 390 g/mol. The number of fused-ring (bicyclic) bond motifs is 1. The van der Waals surface area contributed by atoms with Crippen LogP contribution < -0.4 is 10.9 Å². The maximum absolute atomic E-state index is 12.6. The molecule has 0 spiro atoms. The summed E-state index contributed by atoms with van der Waals surface area (Å²) in [6.07, 6.45) is 2.31. The van der Waals surface area contributed by atoms with Crippen LogP contribution in [0, 0.1) is 6.92 Å². The molecule has 3 rings (SSSR count). The zero-order chi connectivity index (χ0) is 21.0. The zero-order valence-corrected chi connectivity index (χ0v) is 17.5. The van der Waals surface area contributed by atoms with E-state index in [1.54, 1.807) is 19.1 Å². The fourth-order valence-electron chi connectivity index (χ4n) is 2.98. The molecule has 7 nitrogen and oxygen atoms in total. The van der Waals surface area contributed by atoms with Crippen molar-refractivity contribution in [3.05, 3.63) is 57.0 Å². The minimum Gasteiger partial charge on any atom is -0.462 e. The molecule has 8 heteroatoms. The third-order valence-corrected chi connectivity index (χ3v) is 5.71. The highest BCUT2D eigenvalue weighted by atomic mass is 32.1. The van der Waals surface area contributed by atoms with Gasteiger partial charge in [-0.15, -0.1) is 11.3 Å². The van der Waals surface area contributed by atoms with Crippen LogP contribution in [0.2, 0.25) is 0 Å². The molecule has 0 saturated carbocycles. The number of carbonyl (C=O) groups is 2. The molecule has 0 aliphatic heterocycles. The first-order chi connectivity index (χ1) is 13.9. The highest BCUT2D eigenvalue weighted by molar-refractivity contribution is 7.16. The van der Waals surface area contributed by atoms with E-state index in [9.17, 15) is 14.4 Å². The predicted octanol–water partition coefficient (Wildman–Crippen LogP) is 3.53. The van der Waals surface area contributed by atoms with Crippen LogP contribution in [0.5, 0.6) is 0 Å². The Morgan fingerprint density at radius 3 is 2.79 bits per heavy atom. The molecule has 0 atom stereocenters. The Kier molecular flexibility index (Phi) is 6.43. The molecule has 0 saturated heterocycles. The lowest BCUT2D eigenvalue weighted by molar-refractivity contribution is -0.116. The van der Waals surface area contributed by atoms with Gasteiger partial charge in [0, 0.05) is 17.8 Å². The second kappa shape index (κ2) is 9.00. The number of ether oxygens (including phenoxy) is 1. The molecule has 29 heavy (non-hydrogen) atoms. The van der Waals surface area contributed by atoms with Crippen LogP contribution in [0.25, 0.3) is 10.9 Å². The number of esters is 1. The van der Waals surface area contributed by atoms with E-state index in [2.05, 4.69) is 10.3 Å². The van der Waals surface area contributed by atoms with Crippen molar-refractivity contribution >= 4 is 39.1 Å². The van der Waals surface area contributed by atoms with E-state index in [1.807, 2.05) is 26.0 Å². The summed E-state index contributed by atoms with van der Waals surface area (Å²) in [5.74, 6) is -0.736. The Labute approximate surface area is 172 Å². The van der Waals surface area contributed by atoms with Crippen LogP contribution >= 0.6 is 11.3 Å². The largest absolute Gasteiger partial charge is 0.462 e. The summed E-state index contributed by atoms with van der Waals surface area (Å²) >= 11 is 1.36. The highest BCUT2D eigenvalue weighted by Gasteiger charge is 2.18. The molecule has 2 heterocycles. The van der Waals surface area contributed by atoms with Gasteiger partial charge in [0.25, 0.3) is 5.56 Å². The minimum atomic E-state index is -0.455. The lowest BCUT2D eigenvalue weighted by atomic mass is 10.1. The van der Waals surface area contributed by atoms with E-state index in [4.69, 9.17) is 4.74 Å². The Morgan fingerprint density at radius 2 is 2.07 bits per heavy atom. The van der Waals surface area contributed by atoms with Gasteiger partial charge >= 0.3 is 5.97 Å². The van der Waals surface area contributed by atoms with Gasteiger partial charge in [-0.25, -0.2) is 9.78 Å². The molecule has 3 aromatic rings. The van der Waals surface area contributed by atoms with E-state index in [1.165, 1.54) is 22.2 Å². The average Bonchev–Trinajstić information content (AvgIpc) is 3.11. The van der Waals surface area contributed by atoms with Crippen LogP contribution in [0.3, 0.4) is 0 Å². The normalized spacial score (nSPS) is 10.9. The van der Waals surface area contributed by atoms with Gasteiger partial charge in [0.2, 0.25) is 5.91 Å². The van der Waals surface area contributed by atoms with Crippen molar-refractivity contribution in [2.75, 3.05) is 11.9 Å². The number of thiophene rings is 1. The number of hydrogen-bond donors (Lipinski definition) is 1. The molecule has 152 valence electrons. The molecule has 1 amide bonds. The third kappa shape index (κ3) is 4.54. The first kappa shape index (κ1) is 20.7. The van der Waals surface area contributed by atoms with Gasteiger partial charge in [-0.05, 0) is 38.0 Å². The molecule has 1 aromatic carbocycles. The lowest BCUT2D eigenvalue weighted by Crippen LogP contribution is -2.24. The zero-order valence-electron chi connectivity index (χ0n) is 16.7. The van der Waals surface area contributed by atoms with Crippen molar-refractivity contribution in [1.82, 2.24) is 9.55 Å². The molecule has 2 aromatic heterocycles. The van der Waals surface area contributed by atoms with Crippen LogP contribution in [-0.2, 0) is 22.5 Å². The maximum atomic E-state index is 12.6. The standard InChI is InChI=1S/C21H23N3O4S/c1-4-14-11-16(21(27)28-5-2)19(29-14)23-17(25)9-10-24-12-22-18-13(3)7-6-8-15(18)20(24)26/h6-8,11-12H,4-5,9-10H2,1-3H3,(H,23,25). The topological polar surface area (TPSA) is 90.3 Å². The highest BCUT2D eigenvalue weighted by Crippen LogP contribution is 2.29. The first-order valence-corrected chi connectivity index (χ1v) is 10.3. The number of para-hydroxylation sites is 1. The molecule has 0 fully saturated rings. The molecule has 0 bridgehead atoms. The number of aromatic nitrogens is 2. The molecule has 0 aliphatic carbocycles. The summed E-state index contributed by atoms with van der Waals surface area (Å²) in [4.78, 5) is 42.6. The van der Waals surface area contributed by atoms with Gasteiger partial charge in [0.05, 0.1) is 29.4 Å². The van der Waals surface area contributed by atoms with E-state index in [-0.39, 0.29) is 31.0 Å². The Hall–Kier alpha value is -3.00. The molecule has 1 N–H and O–H groups in total. The second-order valence-corrected chi connectivity index (χ2v) is 7.68. The third-order valence-electron chi connectivity index (χ3n) is 4.51. The molecule has 0 unspecified atom stereocenters. The van der Waals surface area contributed by atoms with Crippen molar-refractivity contribution in [2.45, 2.75) is 40.2 Å². The van der Waals surface area contributed by atoms with Crippen LogP contribution in [0.1, 0.15) is 41.1 Å². The number of carbonyl (C=O) groups excluding carboxylic acids is 2. The summed E-state index contributed by atoms with van der Waals surface area (Å²) in [6, 6.07) is 7.20. The Morgan fingerprint density at radius 1 is 1.28 bits per heavy atom. The van der Waals surface area contributed by atoms with E-state index in [0.717, 1.165) is 16.9 Å². The molecule has 0 aliphatic rings. The predicted molar refractivity (Wildman–Crippen MR) is 114 cm³/mol. The number of aryl methyl sites for hydroxylation is 3. The van der Waals surface area contributed by atoms with E-state index >= 15 is 0 Å². The Bertz CT molecular complexity index is 1120. The lowest BCUT2D eigenvalue weighted by Gasteiger charge is -2.09. The van der Waals surface area contributed by atoms with Crippen LogP contribution in [-0.4, -0.2) is 28.0 Å². The number of anilines is 1. The summed E-state index contributed by atoms with van der Waals surface area (Å²) < 4.78 is 6.50. The smallest absolute Gasteiger partial charge is 0.341 e. The van der Waals surface area contributed by atoms with Gasteiger partial charge in [0.15, 0.2) is 0 Å². The summed E-state index contributed by atoms with van der Waals surface area (Å²) in [7, 11) is 0. The first-order valence-electron chi connectivity index (χ1n) is 9.49. The van der Waals surface area contributed by atoms with Crippen molar-refractivity contribution in [1.29, 1.82) is 0 Å². The fourth-order valence-corrected chi connectivity index (χ4v) is 3.98. The van der Waals surface area contributed by atoms with Crippen molar-refractivity contribution in [3.63, 3.8) is 0 Å². The van der Waals surface area contributed by atoms with Gasteiger partial charge in [-0.2, -0.15) is 0 Å². The number of benzene rings is 1. The molecular formula is C21H23N3O4S. The summed E-state index contributed by atoms with van der Waals surface area (Å²) in [5.41, 5.74) is 1.79. The number of nitrogens with zero attached hydrogens (tertiary/aromatic N) is 2. The average molecular weight is 413 g/mol. The number of amides is 1. The van der Waals surface area contributed by atoms with Crippen LogP contribution in [0.15, 0.2) is 35.4 Å². The summed E-state index contributed by atoms with van der Waals surface area (Å²) in [5, 5.41) is 3.79. The van der Waals surface area contributed by atoms with Crippen molar-refractivity contribution in [3.8, 4) is 0 Å².